The lowest BCUT2D eigenvalue weighted by molar-refractivity contribution is -0.137. The SMILES string of the molecule is Cc1cc(Br)ccc1NC(=O)CNC(=O)COc1ccc(C(F)(F)F)cc1. The van der Waals surface area contributed by atoms with Crippen LogP contribution in [0.15, 0.2) is 46.9 Å². The van der Waals surface area contributed by atoms with Crippen molar-refractivity contribution in [3.05, 3.63) is 58.1 Å². The first-order chi connectivity index (χ1) is 12.6. The summed E-state index contributed by atoms with van der Waals surface area (Å²) in [5, 5.41) is 5.04. The largest absolute Gasteiger partial charge is 0.484 e. The van der Waals surface area contributed by atoms with E-state index in [4.69, 9.17) is 4.74 Å². The van der Waals surface area contributed by atoms with Gasteiger partial charge in [-0.15, -0.1) is 0 Å². The molecule has 9 heteroatoms. The number of alkyl halides is 3. The number of ether oxygens (including phenoxy) is 1. The van der Waals surface area contributed by atoms with Crippen molar-refractivity contribution < 1.29 is 27.5 Å². The fourth-order valence-electron chi connectivity index (χ4n) is 2.08. The van der Waals surface area contributed by atoms with Crippen molar-refractivity contribution in [1.82, 2.24) is 5.32 Å². The monoisotopic (exact) mass is 444 g/mol. The second-order valence-electron chi connectivity index (χ2n) is 5.59. The number of benzene rings is 2. The molecular weight excluding hydrogens is 429 g/mol. The Labute approximate surface area is 162 Å². The normalized spacial score (nSPS) is 11.0. The van der Waals surface area contributed by atoms with Gasteiger partial charge in [0.05, 0.1) is 12.1 Å². The molecule has 2 aromatic carbocycles. The van der Waals surface area contributed by atoms with Gasteiger partial charge in [-0.2, -0.15) is 13.2 Å². The first kappa shape index (κ1) is 20.8. The topological polar surface area (TPSA) is 67.4 Å². The molecule has 0 aliphatic carbocycles. The van der Waals surface area contributed by atoms with Gasteiger partial charge in [0.15, 0.2) is 6.61 Å². The minimum absolute atomic E-state index is 0.119. The molecule has 0 aliphatic rings. The van der Waals surface area contributed by atoms with E-state index in [0.29, 0.717) is 5.69 Å². The van der Waals surface area contributed by atoms with E-state index in [1.807, 2.05) is 13.0 Å². The lowest BCUT2D eigenvalue weighted by Gasteiger charge is -2.11. The van der Waals surface area contributed by atoms with E-state index in [9.17, 15) is 22.8 Å². The average molecular weight is 445 g/mol. The van der Waals surface area contributed by atoms with Crippen molar-refractivity contribution in [3.8, 4) is 5.75 Å². The van der Waals surface area contributed by atoms with E-state index in [-0.39, 0.29) is 12.3 Å². The zero-order valence-corrected chi connectivity index (χ0v) is 15.8. The molecule has 0 aromatic heterocycles. The lowest BCUT2D eigenvalue weighted by atomic mass is 10.2. The average Bonchev–Trinajstić information content (AvgIpc) is 2.60. The molecule has 0 atom stereocenters. The summed E-state index contributed by atoms with van der Waals surface area (Å²) in [6, 6.07) is 9.32. The Morgan fingerprint density at radius 2 is 1.74 bits per heavy atom. The van der Waals surface area contributed by atoms with Crippen LogP contribution in [0.4, 0.5) is 18.9 Å². The fraction of sp³-hybridized carbons (Fsp3) is 0.222. The number of carbonyl (C=O) groups is 2. The van der Waals surface area contributed by atoms with Crippen molar-refractivity contribution in [2.24, 2.45) is 0 Å². The molecule has 27 heavy (non-hydrogen) atoms. The van der Waals surface area contributed by atoms with Crippen LogP contribution in [0.5, 0.6) is 5.75 Å². The van der Waals surface area contributed by atoms with Crippen LogP contribution >= 0.6 is 15.9 Å². The summed E-state index contributed by atoms with van der Waals surface area (Å²) in [4.78, 5) is 23.6. The highest BCUT2D eigenvalue weighted by Crippen LogP contribution is 2.30. The number of hydrogen-bond donors (Lipinski definition) is 2. The van der Waals surface area contributed by atoms with Crippen molar-refractivity contribution in [1.29, 1.82) is 0 Å². The van der Waals surface area contributed by atoms with Crippen LogP contribution in [-0.4, -0.2) is 25.0 Å². The third-order valence-electron chi connectivity index (χ3n) is 3.46. The molecule has 2 amide bonds. The van der Waals surface area contributed by atoms with Gasteiger partial charge in [-0.1, -0.05) is 15.9 Å². The van der Waals surface area contributed by atoms with E-state index >= 15 is 0 Å². The molecule has 0 unspecified atom stereocenters. The Balaban J connectivity index is 1.76. The van der Waals surface area contributed by atoms with Crippen molar-refractivity contribution >= 4 is 33.4 Å². The number of anilines is 1. The molecule has 2 rings (SSSR count). The predicted octanol–water partition coefficient (Wildman–Crippen LogP) is 3.91. The maximum absolute atomic E-state index is 12.5. The van der Waals surface area contributed by atoms with Crippen LogP contribution in [0.25, 0.3) is 0 Å². The van der Waals surface area contributed by atoms with E-state index in [0.717, 1.165) is 34.3 Å². The van der Waals surface area contributed by atoms with Gasteiger partial charge >= 0.3 is 6.18 Å². The van der Waals surface area contributed by atoms with Crippen molar-refractivity contribution in [3.63, 3.8) is 0 Å². The molecule has 0 radical (unpaired) electrons. The van der Waals surface area contributed by atoms with Crippen LogP contribution in [0.2, 0.25) is 0 Å². The number of nitrogens with one attached hydrogen (secondary N) is 2. The molecule has 0 fully saturated rings. The molecule has 0 spiro atoms. The Morgan fingerprint density at radius 3 is 2.33 bits per heavy atom. The van der Waals surface area contributed by atoms with Gasteiger partial charge in [-0.05, 0) is 55.0 Å². The number of hydrogen-bond acceptors (Lipinski definition) is 3. The number of aryl methyl sites for hydroxylation is 1. The van der Waals surface area contributed by atoms with E-state index in [2.05, 4.69) is 26.6 Å². The van der Waals surface area contributed by atoms with Gasteiger partial charge < -0.3 is 15.4 Å². The Bertz CT molecular complexity index is 824. The molecule has 0 heterocycles. The Hall–Kier alpha value is -2.55. The number of amides is 2. The maximum Gasteiger partial charge on any atom is 0.416 e. The van der Waals surface area contributed by atoms with Crippen LogP contribution in [0, 0.1) is 6.92 Å². The summed E-state index contributed by atoms with van der Waals surface area (Å²) in [5.74, 6) is -0.867. The maximum atomic E-state index is 12.5. The first-order valence-electron chi connectivity index (χ1n) is 7.78. The highest BCUT2D eigenvalue weighted by Gasteiger charge is 2.30. The highest BCUT2D eigenvalue weighted by molar-refractivity contribution is 9.10. The minimum atomic E-state index is -4.43. The molecule has 0 saturated heterocycles. The van der Waals surface area contributed by atoms with Crippen LogP contribution < -0.4 is 15.4 Å². The summed E-state index contributed by atoms with van der Waals surface area (Å²) in [5.41, 5.74) is 0.673. The third kappa shape index (κ3) is 6.59. The van der Waals surface area contributed by atoms with Crippen molar-refractivity contribution in [2.75, 3.05) is 18.5 Å². The number of halogens is 4. The molecular formula is C18H16BrF3N2O3. The highest BCUT2D eigenvalue weighted by atomic mass is 79.9. The van der Waals surface area contributed by atoms with Crippen LogP contribution in [0.3, 0.4) is 0 Å². The fourth-order valence-corrected chi connectivity index (χ4v) is 2.56. The molecule has 0 aliphatic heterocycles. The third-order valence-corrected chi connectivity index (χ3v) is 3.95. The summed E-state index contributed by atoms with van der Waals surface area (Å²) in [6.07, 6.45) is -4.43. The summed E-state index contributed by atoms with van der Waals surface area (Å²) in [6.45, 7) is 1.15. The van der Waals surface area contributed by atoms with Gasteiger partial charge in [0, 0.05) is 10.2 Å². The summed E-state index contributed by atoms with van der Waals surface area (Å²) in [7, 11) is 0. The molecule has 2 N–H and O–H groups in total. The molecule has 0 bridgehead atoms. The minimum Gasteiger partial charge on any atom is -0.484 e. The Morgan fingerprint density at radius 1 is 1.07 bits per heavy atom. The quantitative estimate of drug-likeness (QED) is 0.709. The number of rotatable bonds is 6. The van der Waals surface area contributed by atoms with Crippen LogP contribution in [0.1, 0.15) is 11.1 Å². The van der Waals surface area contributed by atoms with Gasteiger partial charge in [0.2, 0.25) is 5.91 Å². The first-order valence-corrected chi connectivity index (χ1v) is 8.57. The molecule has 0 saturated carbocycles. The lowest BCUT2D eigenvalue weighted by Crippen LogP contribution is -2.35. The smallest absolute Gasteiger partial charge is 0.416 e. The van der Waals surface area contributed by atoms with Crippen LogP contribution in [-0.2, 0) is 15.8 Å². The molecule has 5 nitrogen and oxygen atoms in total. The van der Waals surface area contributed by atoms with Crippen molar-refractivity contribution in [2.45, 2.75) is 13.1 Å². The molecule has 2 aromatic rings. The van der Waals surface area contributed by atoms with Gasteiger partial charge in [0.1, 0.15) is 5.75 Å². The standard InChI is InChI=1S/C18H16BrF3N2O3/c1-11-8-13(19)4-7-15(11)24-16(25)9-23-17(26)10-27-14-5-2-12(3-6-14)18(20,21)22/h2-8H,9-10H2,1H3,(H,23,26)(H,24,25). The summed E-state index contributed by atoms with van der Waals surface area (Å²) >= 11 is 3.32. The van der Waals surface area contributed by atoms with Gasteiger partial charge in [-0.3, -0.25) is 9.59 Å². The number of carbonyl (C=O) groups excluding carboxylic acids is 2. The van der Waals surface area contributed by atoms with Gasteiger partial charge in [0.25, 0.3) is 5.91 Å². The zero-order chi connectivity index (χ0) is 20.0. The van der Waals surface area contributed by atoms with E-state index < -0.39 is 30.2 Å². The second kappa shape index (κ2) is 8.90. The molecule has 144 valence electrons. The zero-order valence-electron chi connectivity index (χ0n) is 14.2. The summed E-state index contributed by atoms with van der Waals surface area (Å²) < 4.78 is 43.4. The Kier molecular flexibility index (Phi) is 6.84. The van der Waals surface area contributed by atoms with E-state index in [1.165, 1.54) is 0 Å². The van der Waals surface area contributed by atoms with Gasteiger partial charge in [-0.25, -0.2) is 0 Å². The predicted molar refractivity (Wildman–Crippen MR) is 97.5 cm³/mol. The van der Waals surface area contributed by atoms with E-state index in [1.54, 1.807) is 12.1 Å². The second-order valence-corrected chi connectivity index (χ2v) is 6.51.